The number of nitro groups is 1. The van der Waals surface area contributed by atoms with Crippen molar-refractivity contribution >= 4 is 23.3 Å². The SMILES string of the molecule is C[C@H](OC(=O)c1cccc(C#N)c1)C(=O)Nc1ccccc1[N+](=O)[O-]. The van der Waals surface area contributed by atoms with Gasteiger partial charge in [-0.1, -0.05) is 18.2 Å². The molecule has 0 heterocycles. The molecule has 0 aliphatic heterocycles. The number of amides is 1. The van der Waals surface area contributed by atoms with E-state index in [4.69, 9.17) is 10.00 Å². The van der Waals surface area contributed by atoms with Gasteiger partial charge in [0.25, 0.3) is 11.6 Å². The van der Waals surface area contributed by atoms with Crippen LogP contribution in [0.4, 0.5) is 11.4 Å². The fourth-order valence-electron chi connectivity index (χ4n) is 1.97. The third-order valence-electron chi connectivity index (χ3n) is 3.24. The number of carbonyl (C=O) groups is 2. The maximum absolute atomic E-state index is 12.1. The molecule has 2 aromatic rings. The minimum absolute atomic E-state index is 0.00637. The van der Waals surface area contributed by atoms with Crippen molar-refractivity contribution < 1.29 is 19.2 Å². The Morgan fingerprint density at radius 3 is 2.64 bits per heavy atom. The van der Waals surface area contributed by atoms with Crippen LogP contribution in [-0.2, 0) is 9.53 Å². The van der Waals surface area contributed by atoms with E-state index in [1.165, 1.54) is 55.5 Å². The third-order valence-corrected chi connectivity index (χ3v) is 3.24. The average Bonchev–Trinajstić information content (AvgIpc) is 2.61. The van der Waals surface area contributed by atoms with Crippen LogP contribution in [0.2, 0.25) is 0 Å². The molecular weight excluding hydrogens is 326 g/mol. The van der Waals surface area contributed by atoms with Gasteiger partial charge in [-0.25, -0.2) is 4.79 Å². The van der Waals surface area contributed by atoms with Gasteiger partial charge >= 0.3 is 5.97 Å². The zero-order chi connectivity index (χ0) is 18.4. The summed E-state index contributed by atoms with van der Waals surface area (Å²) in [4.78, 5) is 34.5. The number of nitro benzene ring substituents is 1. The topological polar surface area (TPSA) is 122 Å². The van der Waals surface area contributed by atoms with E-state index < -0.39 is 22.9 Å². The predicted octanol–water partition coefficient (Wildman–Crippen LogP) is 2.65. The normalized spacial score (nSPS) is 11.0. The molecule has 1 amide bonds. The number of nitriles is 1. The van der Waals surface area contributed by atoms with Gasteiger partial charge in [-0.2, -0.15) is 5.26 Å². The number of carbonyl (C=O) groups excluding carboxylic acids is 2. The predicted molar refractivity (Wildman–Crippen MR) is 87.8 cm³/mol. The van der Waals surface area contributed by atoms with Gasteiger partial charge < -0.3 is 10.1 Å². The van der Waals surface area contributed by atoms with E-state index in [9.17, 15) is 19.7 Å². The molecule has 8 nitrogen and oxygen atoms in total. The largest absolute Gasteiger partial charge is 0.449 e. The molecule has 2 rings (SSSR count). The Labute approximate surface area is 142 Å². The van der Waals surface area contributed by atoms with E-state index >= 15 is 0 Å². The molecule has 1 atom stereocenters. The zero-order valence-electron chi connectivity index (χ0n) is 13.1. The zero-order valence-corrected chi connectivity index (χ0v) is 13.1. The highest BCUT2D eigenvalue weighted by molar-refractivity contribution is 5.98. The summed E-state index contributed by atoms with van der Waals surface area (Å²) in [5, 5.41) is 22.1. The highest BCUT2D eigenvalue weighted by atomic mass is 16.6. The van der Waals surface area contributed by atoms with Gasteiger partial charge in [0.1, 0.15) is 5.69 Å². The Bertz CT molecular complexity index is 873. The molecule has 0 bridgehead atoms. The highest BCUT2D eigenvalue weighted by Crippen LogP contribution is 2.23. The Morgan fingerprint density at radius 1 is 1.24 bits per heavy atom. The quantitative estimate of drug-likeness (QED) is 0.507. The molecule has 8 heteroatoms. The lowest BCUT2D eigenvalue weighted by Crippen LogP contribution is -2.30. The van der Waals surface area contributed by atoms with Gasteiger partial charge in [0.2, 0.25) is 0 Å². The second-order valence-corrected chi connectivity index (χ2v) is 5.00. The van der Waals surface area contributed by atoms with Crippen molar-refractivity contribution in [3.8, 4) is 6.07 Å². The summed E-state index contributed by atoms with van der Waals surface area (Å²) in [6.45, 7) is 1.34. The van der Waals surface area contributed by atoms with Crippen molar-refractivity contribution in [3.05, 3.63) is 69.8 Å². The van der Waals surface area contributed by atoms with E-state index in [2.05, 4.69) is 5.32 Å². The molecule has 25 heavy (non-hydrogen) atoms. The number of nitrogens with one attached hydrogen (secondary N) is 1. The molecule has 0 spiro atoms. The Morgan fingerprint density at radius 2 is 1.96 bits per heavy atom. The first kappa shape index (κ1) is 17.6. The Kier molecular flexibility index (Phi) is 5.43. The molecule has 0 fully saturated rings. The number of ether oxygens (including phenoxy) is 1. The van der Waals surface area contributed by atoms with Crippen molar-refractivity contribution in [2.45, 2.75) is 13.0 Å². The second-order valence-electron chi connectivity index (χ2n) is 5.00. The molecule has 0 saturated carbocycles. The Balaban J connectivity index is 2.07. The molecule has 0 radical (unpaired) electrons. The molecule has 2 aromatic carbocycles. The highest BCUT2D eigenvalue weighted by Gasteiger charge is 2.22. The number of rotatable bonds is 5. The summed E-state index contributed by atoms with van der Waals surface area (Å²) in [5.41, 5.74) is 0.152. The second kappa shape index (κ2) is 7.70. The van der Waals surface area contributed by atoms with E-state index in [0.29, 0.717) is 0 Å². The number of hydrogen-bond donors (Lipinski definition) is 1. The number of esters is 1. The fraction of sp³-hybridized carbons (Fsp3) is 0.118. The van der Waals surface area contributed by atoms with Crippen molar-refractivity contribution in [1.29, 1.82) is 5.26 Å². The van der Waals surface area contributed by atoms with Crippen molar-refractivity contribution in [1.82, 2.24) is 0 Å². The summed E-state index contributed by atoms with van der Waals surface area (Å²) >= 11 is 0. The van der Waals surface area contributed by atoms with Crippen LogP contribution in [0, 0.1) is 21.4 Å². The van der Waals surface area contributed by atoms with Crippen LogP contribution in [0.3, 0.4) is 0 Å². The van der Waals surface area contributed by atoms with Crippen LogP contribution in [0.5, 0.6) is 0 Å². The van der Waals surface area contributed by atoms with Crippen LogP contribution in [0.15, 0.2) is 48.5 Å². The van der Waals surface area contributed by atoms with Crippen molar-refractivity contribution in [3.63, 3.8) is 0 Å². The molecule has 0 aliphatic carbocycles. The Hall–Kier alpha value is -3.73. The molecular formula is C17H13N3O5. The van der Waals surface area contributed by atoms with E-state index in [1.54, 1.807) is 0 Å². The van der Waals surface area contributed by atoms with Crippen LogP contribution in [0.1, 0.15) is 22.8 Å². The fourth-order valence-corrected chi connectivity index (χ4v) is 1.97. The number of para-hydroxylation sites is 2. The van der Waals surface area contributed by atoms with E-state index in [1.807, 2.05) is 6.07 Å². The van der Waals surface area contributed by atoms with Crippen molar-refractivity contribution in [2.75, 3.05) is 5.32 Å². The van der Waals surface area contributed by atoms with Crippen LogP contribution in [0.25, 0.3) is 0 Å². The minimum atomic E-state index is -1.18. The van der Waals surface area contributed by atoms with Gasteiger partial charge in [0.05, 0.1) is 22.1 Å². The van der Waals surface area contributed by atoms with Crippen LogP contribution < -0.4 is 5.32 Å². The molecule has 0 unspecified atom stereocenters. The van der Waals surface area contributed by atoms with E-state index in [-0.39, 0.29) is 22.5 Å². The first-order valence-electron chi connectivity index (χ1n) is 7.18. The summed E-state index contributed by atoms with van der Waals surface area (Å²) in [5.74, 6) is -1.48. The smallest absolute Gasteiger partial charge is 0.338 e. The first-order valence-corrected chi connectivity index (χ1v) is 7.18. The van der Waals surface area contributed by atoms with Gasteiger partial charge in [0, 0.05) is 6.07 Å². The molecule has 126 valence electrons. The lowest BCUT2D eigenvalue weighted by Gasteiger charge is -2.13. The van der Waals surface area contributed by atoms with Gasteiger partial charge in [0.15, 0.2) is 6.10 Å². The molecule has 0 saturated heterocycles. The summed E-state index contributed by atoms with van der Waals surface area (Å²) in [6, 6.07) is 13.4. The average molecular weight is 339 g/mol. The molecule has 0 aromatic heterocycles. The third kappa shape index (κ3) is 4.39. The monoisotopic (exact) mass is 339 g/mol. The molecule has 0 aliphatic rings. The first-order chi connectivity index (χ1) is 11.9. The number of nitrogens with zero attached hydrogens (tertiary/aromatic N) is 2. The van der Waals surface area contributed by atoms with E-state index in [0.717, 1.165) is 0 Å². The maximum atomic E-state index is 12.1. The number of anilines is 1. The van der Waals surface area contributed by atoms with Gasteiger partial charge in [-0.05, 0) is 31.2 Å². The molecule has 1 N–H and O–H groups in total. The number of benzene rings is 2. The standard InChI is InChI=1S/C17H13N3O5/c1-11(25-17(22)13-6-4-5-12(9-13)10-18)16(21)19-14-7-2-3-8-15(14)20(23)24/h2-9,11H,1H3,(H,19,21)/t11-/m0/s1. The van der Waals surface area contributed by atoms with Crippen molar-refractivity contribution in [2.24, 2.45) is 0 Å². The lowest BCUT2D eigenvalue weighted by atomic mass is 10.1. The summed E-state index contributed by atoms with van der Waals surface area (Å²) in [6.07, 6.45) is -1.18. The van der Waals surface area contributed by atoms with Crippen LogP contribution in [-0.4, -0.2) is 22.9 Å². The summed E-state index contributed by atoms with van der Waals surface area (Å²) < 4.78 is 5.04. The minimum Gasteiger partial charge on any atom is -0.449 e. The lowest BCUT2D eigenvalue weighted by molar-refractivity contribution is -0.383. The summed E-state index contributed by atoms with van der Waals surface area (Å²) in [7, 11) is 0. The number of hydrogen-bond acceptors (Lipinski definition) is 6. The maximum Gasteiger partial charge on any atom is 0.338 e. The van der Waals surface area contributed by atoms with Crippen LogP contribution >= 0.6 is 0 Å². The van der Waals surface area contributed by atoms with Gasteiger partial charge in [-0.15, -0.1) is 0 Å². The van der Waals surface area contributed by atoms with Gasteiger partial charge in [-0.3, -0.25) is 14.9 Å².